The third kappa shape index (κ3) is 4.72. The van der Waals surface area contributed by atoms with E-state index in [4.69, 9.17) is 5.73 Å². The van der Waals surface area contributed by atoms with E-state index < -0.39 is 6.04 Å². The van der Waals surface area contributed by atoms with Crippen LogP contribution < -0.4 is 5.73 Å². The number of halogens is 1. The number of nitrogens with two attached hydrogens (primary N) is 1. The molecule has 0 unspecified atom stereocenters. The predicted octanol–water partition coefficient (Wildman–Crippen LogP) is 3.71. The molecule has 3 aromatic carbocycles. The molecule has 4 rings (SSSR count). The topological polar surface area (TPSA) is 63.4 Å². The van der Waals surface area contributed by atoms with E-state index in [0.29, 0.717) is 37.1 Å². The monoisotopic (exact) mass is 416 g/mol. The zero-order valence-corrected chi connectivity index (χ0v) is 17.3. The van der Waals surface area contributed by atoms with Crippen molar-refractivity contribution in [3.63, 3.8) is 0 Å². The van der Waals surface area contributed by atoms with Crippen molar-refractivity contribution in [2.24, 2.45) is 5.73 Å². The summed E-state index contributed by atoms with van der Waals surface area (Å²) >= 11 is 0. The van der Waals surface area contributed by atoms with Crippen molar-refractivity contribution in [3.05, 3.63) is 106 Å². The van der Waals surface area contributed by atoms with Gasteiger partial charge in [0.15, 0.2) is 5.78 Å². The molecule has 5 heteroatoms. The molecule has 1 amide bonds. The highest BCUT2D eigenvalue weighted by Gasteiger charge is 2.34. The Morgan fingerprint density at radius 3 is 2.48 bits per heavy atom. The van der Waals surface area contributed by atoms with Crippen LogP contribution in [0.3, 0.4) is 0 Å². The standard InChI is InChI=1S/C26H25FN2O2/c27-22-8-4-7-19(14-22)16-25(30)24(15-18-5-2-1-3-6-18)29-12-11-21-13-20(17-28)9-10-23(21)26(29)31/h1-10,13-14,24H,11-12,15-17,28H2/t24-/m0/s1. The molecule has 3 aromatic rings. The second-order valence-corrected chi connectivity index (χ2v) is 7.92. The predicted molar refractivity (Wildman–Crippen MR) is 118 cm³/mol. The van der Waals surface area contributed by atoms with E-state index in [1.165, 1.54) is 12.1 Å². The molecule has 1 aliphatic rings. The van der Waals surface area contributed by atoms with Gasteiger partial charge in [-0.3, -0.25) is 9.59 Å². The fourth-order valence-corrected chi connectivity index (χ4v) is 4.19. The van der Waals surface area contributed by atoms with Crippen molar-refractivity contribution >= 4 is 11.7 Å². The Labute approximate surface area is 181 Å². The molecule has 0 saturated carbocycles. The summed E-state index contributed by atoms with van der Waals surface area (Å²) in [5.74, 6) is -0.605. The van der Waals surface area contributed by atoms with E-state index in [2.05, 4.69) is 0 Å². The van der Waals surface area contributed by atoms with E-state index in [0.717, 1.165) is 16.7 Å². The molecule has 1 atom stereocenters. The SMILES string of the molecule is NCc1ccc2c(c1)CCN([C@@H](Cc1ccccc1)C(=O)Cc1cccc(F)c1)C2=O. The number of Topliss-reactive ketones (excluding diaryl/α,β-unsaturated/α-hetero) is 1. The fraction of sp³-hybridized carbons (Fsp3) is 0.231. The van der Waals surface area contributed by atoms with Gasteiger partial charge in [-0.15, -0.1) is 0 Å². The van der Waals surface area contributed by atoms with Crippen LogP contribution in [0.5, 0.6) is 0 Å². The van der Waals surface area contributed by atoms with Gasteiger partial charge in [-0.05, 0) is 53.3 Å². The number of amides is 1. The van der Waals surface area contributed by atoms with E-state index in [1.54, 1.807) is 17.0 Å². The largest absolute Gasteiger partial charge is 0.328 e. The van der Waals surface area contributed by atoms with Crippen molar-refractivity contribution in [1.29, 1.82) is 0 Å². The summed E-state index contributed by atoms with van der Waals surface area (Å²) < 4.78 is 13.6. The minimum atomic E-state index is -0.611. The Bertz CT molecular complexity index is 1100. The summed E-state index contributed by atoms with van der Waals surface area (Å²) in [5.41, 5.74) is 9.92. The van der Waals surface area contributed by atoms with Crippen LogP contribution in [0, 0.1) is 5.82 Å². The Morgan fingerprint density at radius 2 is 1.74 bits per heavy atom. The molecule has 31 heavy (non-hydrogen) atoms. The molecule has 4 nitrogen and oxygen atoms in total. The summed E-state index contributed by atoms with van der Waals surface area (Å²) in [6, 6.07) is 20.8. The highest BCUT2D eigenvalue weighted by atomic mass is 19.1. The molecule has 1 heterocycles. The minimum absolute atomic E-state index is 0.0814. The summed E-state index contributed by atoms with van der Waals surface area (Å²) in [6.45, 7) is 0.889. The van der Waals surface area contributed by atoms with Gasteiger partial charge in [0.1, 0.15) is 5.82 Å². The number of fused-ring (bicyclic) bond motifs is 1. The van der Waals surface area contributed by atoms with E-state index >= 15 is 0 Å². The molecule has 0 bridgehead atoms. The smallest absolute Gasteiger partial charge is 0.254 e. The van der Waals surface area contributed by atoms with Crippen LogP contribution in [-0.4, -0.2) is 29.2 Å². The van der Waals surface area contributed by atoms with Crippen LogP contribution in [0.2, 0.25) is 0 Å². The highest BCUT2D eigenvalue weighted by Crippen LogP contribution is 2.24. The Kier molecular flexibility index (Phi) is 6.23. The third-order valence-corrected chi connectivity index (χ3v) is 5.81. The van der Waals surface area contributed by atoms with Gasteiger partial charge in [0.05, 0.1) is 6.04 Å². The lowest BCUT2D eigenvalue weighted by Gasteiger charge is -2.35. The van der Waals surface area contributed by atoms with Gasteiger partial charge < -0.3 is 10.6 Å². The van der Waals surface area contributed by atoms with Gasteiger partial charge in [-0.25, -0.2) is 4.39 Å². The van der Waals surface area contributed by atoms with Crippen LogP contribution in [0.1, 0.15) is 32.6 Å². The molecule has 0 spiro atoms. The summed E-state index contributed by atoms with van der Waals surface area (Å²) in [7, 11) is 0. The molecule has 0 fully saturated rings. The zero-order chi connectivity index (χ0) is 21.8. The van der Waals surface area contributed by atoms with Crippen LogP contribution in [0.15, 0.2) is 72.8 Å². The molecule has 0 aliphatic carbocycles. The lowest BCUT2D eigenvalue weighted by molar-refractivity contribution is -0.123. The molecular formula is C26H25FN2O2. The van der Waals surface area contributed by atoms with Gasteiger partial charge in [0.2, 0.25) is 0 Å². The number of ketones is 1. The van der Waals surface area contributed by atoms with Gasteiger partial charge in [-0.1, -0.05) is 54.6 Å². The molecule has 1 aliphatic heterocycles. The Hall–Kier alpha value is -3.31. The lowest BCUT2D eigenvalue weighted by Crippen LogP contribution is -2.50. The molecule has 0 aromatic heterocycles. The van der Waals surface area contributed by atoms with Crippen molar-refractivity contribution in [2.75, 3.05) is 6.54 Å². The zero-order valence-electron chi connectivity index (χ0n) is 17.3. The molecule has 0 radical (unpaired) electrons. The van der Waals surface area contributed by atoms with E-state index in [1.807, 2.05) is 48.5 Å². The van der Waals surface area contributed by atoms with Crippen molar-refractivity contribution in [1.82, 2.24) is 4.90 Å². The van der Waals surface area contributed by atoms with Crippen LogP contribution in [0.25, 0.3) is 0 Å². The number of nitrogens with zero attached hydrogens (tertiary/aromatic N) is 1. The number of benzene rings is 3. The highest BCUT2D eigenvalue weighted by molar-refractivity contribution is 6.00. The average molecular weight is 416 g/mol. The number of rotatable bonds is 7. The normalized spacial score (nSPS) is 14.3. The first-order valence-corrected chi connectivity index (χ1v) is 10.5. The van der Waals surface area contributed by atoms with Crippen LogP contribution in [-0.2, 0) is 30.6 Å². The maximum absolute atomic E-state index is 13.6. The summed E-state index contributed by atoms with van der Waals surface area (Å²) in [5, 5.41) is 0. The number of carbonyl (C=O) groups is 2. The summed E-state index contributed by atoms with van der Waals surface area (Å²) in [4.78, 5) is 28.4. The van der Waals surface area contributed by atoms with Crippen molar-refractivity contribution in [2.45, 2.75) is 31.8 Å². The second kappa shape index (κ2) is 9.23. The first-order valence-electron chi connectivity index (χ1n) is 10.5. The second-order valence-electron chi connectivity index (χ2n) is 7.92. The third-order valence-electron chi connectivity index (χ3n) is 5.81. The van der Waals surface area contributed by atoms with Gasteiger partial charge in [0, 0.05) is 25.1 Å². The van der Waals surface area contributed by atoms with Crippen molar-refractivity contribution in [3.8, 4) is 0 Å². The maximum atomic E-state index is 13.6. The van der Waals surface area contributed by atoms with E-state index in [-0.39, 0.29) is 23.9 Å². The van der Waals surface area contributed by atoms with Crippen LogP contribution >= 0.6 is 0 Å². The lowest BCUT2D eigenvalue weighted by atomic mass is 9.91. The first kappa shape index (κ1) is 20.9. The fourth-order valence-electron chi connectivity index (χ4n) is 4.19. The summed E-state index contributed by atoms with van der Waals surface area (Å²) in [6.07, 6.45) is 1.18. The van der Waals surface area contributed by atoms with Gasteiger partial charge in [-0.2, -0.15) is 0 Å². The first-order chi connectivity index (χ1) is 15.0. The van der Waals surface area contributed by atoms with E-state index in [9.17, 15) is 14.0 Å². The molecular weight excluding hydrogens is 391 g/mol. The number of hydrogen-bond donors (Lipinski definition) is 1. The molecule has 2 N–H and O–H groups in total. The Morgan fingerprint density at radius 1 is 0.968 bits per heavy atom. The van der Waals surface area contributed by atoms with Gasteiger partial charge in [0.25, 0.3) is 5.91 Å². The number of carbonyl (C=O) groups excluding carboxylic acids is 2. The quantitative estimate of drug-likeness (QED) is 0.639. The maximum Gasteiger partial charge on any atom is 0.254 e. The minimum Gasteiger partial charge on any atom is -0.328 e. The molecule has 0 saturated heterocycles. The Balaban J connectivity index is 1.63. The van der Waals surface area contributed by atoms with Crippen molar-refractivity contribution < 1.29 is 14.0 Å². The van der Waals surface area contributed by atoms with Crippen LogP contribution in [0.4, 0.5) is 4.39 Å². The average Bonchev–Trinajstić information content (AvgIpc) is 2.78. The number of hydrogen-bond acceptors (Lipinski definition) is 3. The van der Waals surface area contributed by atoms with Gasteiger partial charge >= 0.3 is 0 Å². The molecule has 158 valence electrons.